The number of ether oxygens (including phenoxy) is 1. The quantitative estimate of drug-likeness (QED) is 0.682. The van der Waals surface area contributed by atoms with E-state index in [1.54, 1.807) is 36.3 Å². The fourth-order valence-corrected chi connectivity index (χ4v) is 3.23. The Morgan fingerprint density at radius 2 is 1.79 bits per heavy atom. The van der Waals surface area contributed by atoms with Crippen LogP contribution in [0.5, 0.6) is 5.75 Å². The fraction of sp³-hybridized carbons (Fsp3) is 0.182. The lowest BCUT2D eigenvalue weighted by molar-refractivity contribution is -0.127. The van der Waals surface area contributed by atoms with E-state index < -0.39 is 6.10 Å². The van der Waals surface area contributed by atoms with Crippen molar-refractivity contribution in [2.24, 2.45) is 0 Å². The molecule has 1 aliphatic rings. The largest absolute Gasteiger partial charge is 0.479 e. The molecule has 0 spiro atoms. The van der Waals surface area contributed by atoms with E-state index in [0.29, 0.717) is 17.2 Å². The highest BCUT2D eigenvalue weighted by Gasteiger charge is 2.33. The van der Waals surface area contributed by atoms with Crippen LogP contribution in [0.1, 0.15) is 12.7 Å². The summed E-state index contributed by atoms with van der Waals surface area (Å²) in [4.78, 5) is 29.1. The van der Waals surface area contributed by atoms with Gasteiger partial charge in [-0.2, -0.15) is 0 Å². The lowest BCUT2D eigenvalue weighted by Gasteiger charge is -2.34. The number of fused-ring (bicyclic) bond motifs is 1. The third-order valence-electron chi connectivity index (χ3n) is 4.63. The van der Waals surface area contributed by atoms with Gasteiger partial charge >= 0.3 is 0 Å². The zero-order valence-corrected chi connectivity index (χ0v) is 15.4. The summed E-state index contributed by atoms with van der Waals surface area (Å²) in [6.45, 7) is 1.89. The number of para-hydroxylation sites is 3. The third kappa shape index (κ3) is 3.49. The molecule has 142 valence electrons. The number of nitrogens with zero attached hydrogens (tertiary/aromatic N) is 2. The van der Waals surface area contributed by atoms with E-state index in [0.717, 1.165) is 5.69 Å². The zero-order chi connectivity index (χ0) is 19.5. The Kier molecular flexibility index (Phi) is 4.85. The lowest BCUT2D eigenvalue weighted by Crippen LogP contribution is -2.49. The molecule has 6 heteroatoms. The molecule has 0 saturated heterocycles. The van der Waals surface area contributed by atoms with E-state index in [4.69, 9.17) is 9.15 Å². The molecule has 28 heavy (non-hydrogen) atoms. The van der Waals surface area contributed by atoms with Crippen molar-refractivity contribution < 1.29 is 18.7 Å². The van der Waals surface area contributed by atoms with Crippen molar-refractivity contribution in [1.29, 1.82) is 0 Å². The molecule has 0 fully saturated rings. The van der Waals surface area contributed by atoms with Gasteiger partial charge in [-0.05, 0) is 43.3 Å². The SMILES string of the molecule is C[C@@H]1Oc2ccccc2N(CC(=O)N(Cc2ccco2)c2ccccc2)C1=O. The second kappa shape index (κ2) is 7.60. The summed E-state index contributed by atoms with van der Waals surface area (Å²) in [7, 11) is 0. The van der Waals surface area contributed by atoms with Gasteiger partial charge in [-0.25, -0.2) is 0 Å². The minimum atomic E-state index is -0.641. The standard InChI is InChI=1S/C22H20N2O4/c1-16-22(26)24(19-11-5-6-12-20(19)28-16)15-21(25)23(14-18-10-7-13-27-18)17-8-3-2-4-9-17/h2-13,16H,14-15H2,1H3/t16-/m0/s1. The topological polar surface area (TPSA) is 63.0 Å². The minimum Gasteiger partial charge on any atom is -0.479 e. The van der Waals surface area contributed by atoms with Gasteiger partial charge in [0.15, 0.2) is 6.10 Å². The second-order valence-corrected chi connectivity index (χ2v) is 6.55. The van der Waals surface area contributed by atoms with E-state index in [-0.39, 0.29) is 24.9 Å². The number of rotatable bonds is 5. The monoisotopic (exact) mass is 376 g/mol. The molecule has 3 aromatic rings. The van der Waals surface area contributed by atoms with Crippen molar-refractivity contribution in [2.75, 3.05) is 16.3 Å². The fourth-order valence-electron chi connectivity index (χ4n) is 3.23. The Balaban J connectivity index is 1.63. The number of carbonyl (C=O) groups excluding carboxylic acids is 2. The number of furan rings is 1. The predicted octanol–water partition coefficient (Wildman–Crippen LogP) is 3.63. The molecule has 2 aromatic carbocycles. The second-order valence-electron chi connectivity index (χ2n) is 6.55. The van der Waals surface area contributed by atoms with Crippen molar-refractivity contribution in [2.45, 2.75) is 19.6 Å². The molecule has 0 radical (unpaired) electrons. The number of benzene rings is 2. The van der Waals surface area contributed by atoms with Gasteiger partial charge in [-0.3, -0.25) is 14.5 Å². The number of hydrogen-bond donors (Lipinski definition) is 0. The van der Waals surface area contributed by atoms with Crippen LogP contribution in [0.15, 0.2) is 77.4 Å². The van der Waals surface area contributed by atoms with Crippen LogP contribution in [0.3, 0.4) is 0 Å². The molecular formula is C22H20N2O4. The molecule has 4 rings (SSSR count). The summed E-state index contributed by atoms with van der Waals surface area (Å²) >= 11 is 0. The molecule has 2 amide bonds. The summed E-state index contributed by atoms with van der Waals surface area (Å²) in [6, 6.07) is 20.2. The number of hydrogen-bond acceptors (Lipinski definition) is 4. The summed E-state index contributed by atoms with van der Waals surface area (Å²) < 4.78 is 11.1. The van der Waals surface area contributed by atoms with Gasteiger partial charge in [-0.1, -0.05) is 30.3 Å². The van der Waals surface area contributed by atoms with Crippen LogP contribution in [-0.2, 0) is 16.1 Å². The zero-order valence-electron chi connectivity index (χ0n) is 15.4. The van der Waals surface area contributed by atoms with Crippen LogP contribution in [0.2, 0.25) is 0 Å². The van der Waals surface area contributed by atoms with Crippen LogP contribution >= 0.6 is 0 Å². The van der Waals surface area contributed by atoms with Gasteiger partial charge in [0.25, 0.3) is 5.91 Å². The molecule has 1 atom stereocenters. The number of anilines is 2. The van der Waals surface area contributed by atoms with Crippen LogP contribution in [-0.4, -0.2) is 24.5 Å². The van der Waals surface area contributed by atoms with E-state index in [1.807, 2.05) is 48.5 Å². The van der Waals surface area contributed by atoms with Gasteiger partial charge in [0.1, 0.15) is 18.1 Å². The van der Waals surface area contributed by atoms with Gasteiger partial charge in [0.2, 0.25) is 5.91 Å². The van der Waals surface area contributed by atoms with E-state index >= 15 is 0 Å². The molecule has 0 bridgehead atoms. The van der Waals surface area contributed by atoms with Crippen molar-refractivity contribution in [3.05, 3.63) is 78.8 Å². The van der Waals surface area contributed by atoms with Gasteiger partial charge in [0, 0.05) is 5.69 Å². The maximum Gasteiger partial charge on any atom is 0.268 e. The molecule has 6 nitrogen and oxygen atoms in total. The third-order valence-corrected chi connectivity index (χ3v) is 4.63. The lowest BCUT2D eigenvalue weighted by atomic mass is 10.1. The highest BCUT2D eigenvalue weighted by atomic mass is 16.5. The van der Waals surface area contributed by atoms with E-state index in [1.165, 1.54) is 4.90 Å². The predicted molar refractivity (Wildman–Crippen MR) is 105 cm³/mol. The first-order valence-electron chi connectivity index (χ1n) is 9.08. The Morgan fingerprint density at radius 3 is 2.54 bits per heavy atom. The summed E-state index contributed by atoms with van der Waals surface area (Å²) in [5.74, 6) is 0.817. The van der Waals surface area contributed by atoms with Crippen molar-refractivity contribution in [3.8, 4) is 5.75 Å². The molecule has 0 unspecified atom stereocenters. The average Bonchev–Trinajstić information content (AvgIpc) is 3.23. The molecule has 1 aliphatic heterocycles. The van der Waals surface area contributed by atoms with Crippen molar-refractivity contribution in [1.82, 2.24) is 0 Å². The first kappa shape index (κ1) is 17.9. The Morgan fingerprint density at radius 1 is 1.04 bits per heavy atom. The Hall–Kier alpha value is -3.54. The van der Waals surface area contributed by atoms with Crippen LogP contribution < -0.4 is 14.5 Å². The Bertz CT molecular complexity index is 969. The number of carbonyl (C=O) groups is 2. The average molecular weight is 376 g/mol. The molecule has 2 heterocycles. The van der Waals surface area contributed by atoms with Gasteiger partial charge < -0.3 is 14.1 Å². The summed E-state index contributed by atoms with van der Waals surface area (Å²) in [5.41, 5.74) is 1.34. The van der Waals surface area contributed by atoms with Gasteiger partial charge in [0.05, 0.1) is 18.5 Å². The van der Waals surface area contributed by atoms with E-state index in [2.05, 4.69) is 0 Å². The minimum absolute atomic E-state index is 0.0842. The van der Waals surface area contributed by atoms with Crippen molar-refractivity contribution >= 4 is 23.2 Å². The summed E-state index contributed by atoms with van der Waals surface area (Å²) in [6.07, 6.45) is 0.935. The highest BCUT2D eigenvalue weighted by molar-refractivity contribution is 6.06. The summed E-state index contributed by atoms with van der Waals surface area (Å²) in [5, 5.41) is 0. The molecule has 0 aliphatic carbocycles. The highest BCUT2D eigenvalue weighted by Crippen LogP contribution is 2.33. The maximum absolute atomic E-state index is 13.2. The van der Waals surface area contributed by atoms with Crippen molar-refractivity contribution in [3.63, 3.8) is 0 Å². The van der Waals surface area contributed by atoms with Gasteiger partial charge in [-0.15, -0.1) is 0 Å². The molecule has 0 N–H and O–H groups in total. The number of amides is 2. The van der Waals surface area contributed by atoms with E-state index in [9.17, 15) is 9.59 Å². The maximum atomic E-state index is 13.2. The Labute approximate surface area is 162 Å². The van der Waals surface area contributed by atoms with Crippen LogP contribution in [0.4, 0.5) is 11.4 Å². The van der Waals surface area contributed by atoms with Crippen LogP contribution in [0.25, 0.3) is 0 Å². The van der Waals surface area contributed by atoms with Crippen LogP contribution in [0, 0.1) is 0 Å². The smallest absolute Gasteiger partial charge is 0.268 e. The molecule has 1 aromatic heterocycles. The molecular weight excluding hydrogens is 356 g/mol. The first-order valence-corrected chi connectivity index (χ1v) is 9.08. The molecule has 0 saturated carbocycles. The normalized spacial score (nSPS) is 15.7. The first-order chi connectivity index (χ1) is 13.6.